The van der Waals surface area contributed by atoms with E-state index in [-0.39, 0.29) is 17.6 Å². The lowest BCUT2D eigenvalue weighted by Gasteiger charge is -2.26. The van der Waals surface area contributed by atoms with Gasteiger partial charge in [0.05, 0.1) is 5.92 Å². The van der Waals surface area contributed by atoms with Crippen molar-refractivity contribution in [2.45, 2.75) is 6.92 Å². The maximum Gasteiger partial charge on any atom is 0.230 e. The fourth-order valence-electron chi connectivity index (χ4n) is 1.50. The first kappa shape index (κ1) is 9.98. The van der Waals surface area contributed by atoms with Crippen LogP contribution in [0.15, 0.2) is 18.2 Å². The van der Waals surface area contributed by atoms with E-state index < -0.39 is 0 Å². The number of aryl methyl sites for hydroxylation is 1. The van der Waals surface area contributed by atoms with Crippen molar-refractivity contribution in [3.63, 3.8) is 0 Å². The van der Waals surface area contributed by atoms with Crippen LogP contribution in [0.2, 0.25) is 0 Å². The molecule has 4 nitrogen and oxygen atoms in total. The molecule has 0 aliphatic carbocycles. The van der Waals surface area contributed by atoms with Crippen molar-refractivity contribution in [3.8, 4) is 5.75 Å². The Morgan fingerprint density at radius 2 is 2.27 bits per heavy atom. The standard InChI is InChI=1S/C11H14N2O2/c1-7-4-9(14)2-3-10(7)13-11(15)8-5-12-6-8/h2-4,8,12,14H,5-6H2,1H3,(H,13,15). The van der Waals surface area contributed by atoms with Gasteiger partial charge in [-0.15, -0.1) is 0 Å². The first-order valence-corrected chi connectivity index (χ1v) is 4.98. The number of hydrogen-bond acceptors (Lipinski definition) is 3. The summed E-state index contributed by atoms with van der Waals surface area (Å²) in [6, 6.07) is 4.92. The molecule has 1 fully saturated rings. The highest BCUT2D eigenvalue weighted by Crippen LogP contribution is 2.21. The topological polar surface area (TPSA) is 61.4 Å². The van der Waals surface area contributed by atoms with Crippen LogP contribution in [-0.4, -0.2) is 24.1 Å². The predicted octanol–water partition coefficient (Wildman–Crippen LogP) is 0.859. The second-order valence-electron chi connectivity index (χ2n) is 3.84. The molecule has 0 spiro atoms. The molecule has 1 aromatic rings. The molecule has 15 heavy (non-hydrogen) atoms. The van der Waals surface area contributed by atoms with Gasteiger partial charge in [-0.3, -0.25) is 4.79 Å². The van der Waals surface area contributed by atoms with Gasteiger partial charge in [0.2, 0.25) is 5.91 Å². The molecule has 1 aromatic carbocycles. The molecule has 0 radical (unpaired) electrons. The molecule has 1 saturated heterocycles. The zero-order chi connectivity index (χ0) is 10.8. The monoisotopic (exact) mass is 206 g/mol. The minimum Gasteiger partial charge on any atom is -0.508 e. The van der Waals surface area contributed by atoms with Crippen LogP contribution in [0, 0.1) is 12.8 Å². The normalized spacial score (nSPS) is 15.8. The quantitative estimate of drug-likeness (QED) is 0.629. The molecule has 0 bridgehead atoms. The third kappa shape index (κ3) is 2.10. The van der Waals surface area contributed by atoms with E-state index in [0.29, 0.717) is 0 Å². The Morgan fingerprint density at radius 3 is 2.80 bits per heavy atom. The Labute approximate surface area is 88.3 Å². The van der Waals surface area contributed by atoms with E-state index in [2.05, 4.69) is 10.6 Å². The van der Waals surface area contributed by atoms with Gasteiger partial charge in [0.15, 0.2) is 0 Å². The van der Waals surface area contributed by atoms with Crippen LogP contribution in [0.5, 0.6) is 5.75 Å². The Bertz CT molecular complexity index is 386. The van der Waals surface area contributed by atoms with Crippen molar-refractivity contribution >= 4 is 11.6 Å². The molecular weight excluding hydrogens is 192 g/mol. The summed E-state index contributed by atoms with van der Waals surface area (Å²) in [6.07, 6.45) is 0. The van der Waals surface area contributed by atoms with Crippen molar-refractivity contribution in [2.24, 2.45) is 5.92 Å². The summed E-state index contributed by atoms with van der Waals surface area (Å²) in [5.41, 5.74) is 1.64. The Balaban J connectivity index is 2.06. The van der Waals surface area contributed by atoms with Gasteiger partial charge in [-0.1, -0.05) is 0 Å². The lowest BCUT2D eigenvalue weighted by Crippen LogP contribution is -2.48. The molecule has 0 atom stereocenters. The van der Waals surface area contributed by atoms with Gasteiger partial charge in [0.1, 0.15) is 5.75 Å². The van der Waals surface area contributed by atoms with E-state index in [9.17, 15) is 9.90 Å². The third-order valence-corrected chi connectivity index (χ3v) is 2.62. The van der Waals surface area contributed by atoms with E-state index in [1.54, 1.807) is 18.2 Å². The van der Waals surface area contributed by atoms with Crippen molar-refractivity contribution < 1.29 is 9.90 Å². The molecule has 0 saturated carbocycles. The van der Waals surface area contributed by atoms with Gasteiger partial charge in [-0.2, -0.15) is 0 Å². The van der Waals surface area contributed by atoms with Gasteiger partial charge < -0.3 is 15.7 Å². The number of nitrogens with one attached hydrogen (secondary N) is 2. The largest absolute Gasteiger partial charge is 0.508 e. The van der Waals surface area contributed by atoms with Crippen LogP contribution in [0.25, 0.3) is 0 Å². The van der Waals surface area contributed by atoms with Crippen LogP contribution >= 0.6 is 0 Å². The van der Waals surface area contributed by atoms with Crippen molar-refractivity contribution in [3.05, 3.63) is 23.8 Å². The number of hydrogen-bond donors (Lipinski definition) is 3. The molecular formula is C11H14N2O2. The number of anilines is 1. The van der Waals surface area contributed by atoms with Crippen molar-refractivity contribution in [2.75, 3.05) is 18.4 Å². The number of carbonyl (C=O) groups is 1. The van der Waals surface area contributed by atoms with Gasteiger partial charge in [0, 0.05) is 18.8 Å². The third-order valence-electron chi connectivity index (χ3n) is 2.62. The van der Waals surface area contributed by atoms with E-state index in [0.717, 1.165) is 24.3 Å². The fraction of sp³-hybridized carbons (Fsp3) is 0.364. The molecule has 0 unspecified atom stereocenters. The van der Waals surface area contributed by atoms with Crippen LogP contribution in [0.1, 0.15) is 5.56 Å². The zero-order valence-corrected chi connectivity index (χ0v) is 8.58. The Kier molecular flexibility index (Phi) is 2.60. The molecule has 1 amide bonds. The minimum atomic E-state index is 0.0440. The molecule has 3 N–H and O–H groups in total. The number of aromatic hydroxyl groups is 1. The second-order valence-corrected chi connectivity index (χ2v) is 3.84. The molecule has 1 heterocycles. The maximum atomic E-state index is 11.6. The van der Waals surface area contributed by atoms with E-state index in [4.69, 9.17) is 0 Å². The summed E-state index contributed by atoms with van der Waals surface area (Å²) >= 11 is 0. The summed E-state index contributed by atoms with van der Waals surface area (Å²) < 4.78 is 0. The van der Waals surface area contributed by atoms with E-state index in [1.807, 2.05) is 6.92 Å². The van der Waals surface area contributed by atoms with Crippen molar-refractivity contribution in [1.82, 2.24) is 5.32 Å². The highest BCUT2D eigenvalue weighted by atomic mass is 16.3. The van der Waals surface area contributed by atoms with Crippen LogP contribution in [0.4, 0.5) is 5.69 Å². The van der Waals surface area contributed by atoms with Crippen molar-refractivity contribution in [1.29, 1.82) is 0 Å². The van der Waals surface area contributed by atoms with Crippen LogP contribution in [0.3, 0.4) is 0 Å². The lowest BCUT2D eigenvalue weighted by molar-refractivity contribution is -0.121. The summed E-state index contributed by atoms with van der Waals surface area (Å²) in [5.74, 6) is 0.344. The Morgan fingerprint density at radius 1 is 1.53 bits per heavy atom. The SMILES string of the molecule is Cc1cc(O)ccc1NC(=O)C1CNC1. The van der Waals surface area contributed by atoms with Gasteiger partial charge in [-0.05, 0) is 30.7 Å². The first-order chi connectivity index (χ1) is 7.16. The predicted molar refractivity (Wildman–Crippen MR) is 57.8 cm³/mol. The number of rotatable bonds is 2. The fourth-order valence-corrected chi connectivity index (χ4v) is 1.50. The molecule has 4 heteroatoms. The summed E-state index contributed by atoms with van der Waals surface area (Å²) in [7, 11) is 0. The number of phenols is 1. The Hall–Kier alpha value is -1.55. The van der Waals surface area contributed by atoms with Gasteiger partial charge >= 0.3 is 0 Å². The molecule has 1 aliphatic heterocycles. The summed E-state index contributed by atoms with van der Waals surface area (Å²) in [6.45, 7) is 3.36. The van der Waals surface area contributed by atoms with Gasteiger partial charge in [0.25, 0.3) is 0 Å². The van der Waals surface area contributed by atoms with Gasteiger partial charge in [-0.25, -0.2) is 0 Å². The summed E-state index contributed by atoms with van der Waals surface area (Å²) in [4.78, 5) is 11.6. The molecule has 80 valence electrons. The molecule has 2 rings (SSSR count). The number of carbonyl (C=O) groups excluding carboxylic acids is 1. The highest BCUT2D eigenvalue weighted by molar-refractivity contribution is 5.94. The highest BCUT2D eigenvalue weighted by Gasteiger charge is 2.24. The van der Waals surface area contributed by atoms with Crippen LogP contribution in [-0.2, 0) is 4.79 Å². The average Bonchev–Trinajstić information content (AvgIpc) is 2.07. The van der Waals surface area contributed by atoms with E-state index in [1.165, 1.54) is 0 Å². The summed E-state index contributed by atoms with van der Waals surface area (Å²) in [5, 5.41) is 15.1. The minimum absolute atomic E-state index is 0.0440. The molecule has 1 aliphatic rings. The lowest BCUT2D eigenvalue weighted by atomic mass is 10.0. The molecule has 0 aromatic heterocycles. The maximum absolute atomic E-state index is 11.6. The average molecular weight is 206 g/mol. The smallest absolute Gasteiger partial charge is 0.230 e. The second kappa shape index (κ2) is 3.90. The van der Waals surface area contributed by atoms with E-state index >= 15 is 0 Å². The number of phenolic OH excluding ortho intramolecular Hbond substituents is 1. The number of amides is 1. The zero-order valence-electron chi connectivity index (χ0n) is 8.58. The number of benzene rings is 1. The van der Waals surface area contributed by atoms with Crippen LogP contribution < -0.4 is 10.6 Å². The first-order valence-electron chi connectivity index (χ1n) is 4.98.